The van der Waals surface area contributed by atoms with Crippen molar-refractivity contribution in [2.45, 2.75) is 34.2 Å². The van der Waals surface area contributed by atoms with Gasteiger partial charge in [-0.3, -0.25) is 9.59 Å². The molecule has 0 bridgehead atoms. The van der Waals surface area contributed by atoms with Gasteiger partial charge < -0.3 is 15.1 Å². The molecule has 2 amide bonds. The molecule has 0 aromatic heterocycles. The highest BCUT2D eigenvalue weighted by Gasteiger charge is 2.15. The molecule has 0 aliphatic rings. The maximum Gasteiger partial charge on any atom is 0.244 e. The number of rotatable bonds is 8. The van der Waals surface area contributed by atoms with E-state index in [1.807, 2.05) is 49.4 Å². The number of nitrogens with zero attached hydrogens (tertiary/aromatic N) is 2. The van der Waals surface area contributed by atoms with E-state index in [0.717, 1.165) is 35.6 Å². The van der Waals surface area contributed by atoms with Crippen molar-refractivity contribution in [2.75, 3.05) is 29.9 Å². The molecule has 0 aliphatic heterocycles. The van der Waals surface area contributed by atoms with Crippen molar-refractivity contribution < 1.29 is 9.59 Å². The predicted octanol–water partition coefficient (Wildman–Crippen LogP) is 3.83. The summed E-state index contributed by atoms with van der Waals surface area (Å²) in [6, 6.07) is 15.7. The van der Waals surface area contributed by atoms with E-state index in [-0.39, 0.29) is 18.4 Å². The van der Waals surface area contributed by atoms with Crippen LogP contribution in [0, 0.1) is 6.92 Å². The number of benzene rings is 2. The summed E-state index contributed by atoms with van der Waals surface area (Å²) in [4.78, 5) is 28.2. The van der Waals surface area contributed by atoms with Gasteiger partial charge in [0.25, 0.3) is 0 Å². The van der Waals surface area contributed by atoms with Crippen molar-refractivity contribution in [1.82, 2.24) is 4.90 Å². The number of hydrogen-bond donors (Lipinski definition) is 1. The highest BCUT2D eigenvalue weighted by Crippen LogP contribution is 2.22. The third-order valence-corrected chi connectivity index (χ3v) is 4.61. The van der Waals surface area contributed by atoms with E-state index < -0.39 is 0 Å². The number of nitrogens with one attached hydrogen (secondary N) is 1. The fraction of sp³-hybridized carbons (Fsp3) is 0.364. The maximum absolute atomic E-state index is 12.5. The van der Waals surface area contributed by atoms with Crippen molar-refractivity contribution in [2.24, 2.45) is 0 Å². The lowest BCUT2D eigenvalue weighted by Crippen LogP contribution is -2.36. The van der Waals surface area contributed by atoms with Crippen LogP contribution in [0.25, 0.3) is 0 Å². The molecule has 0 unspecified atom stereocenters. The Morgan fingerprint density at radius 1 is 1.00 bits per heavy atom. The van der Waals surface area contributed by atoms with Crippen molar-refractivity contribution >= 4 is 23.2 Å². The van der Waals surface area contributed by atoms with Crippen LogP contribution in [0.3, 0.4) is 0 Å². The molecule has 0 aliphatic carbocycles. The van der Waals surface area contributed by atoms with Crippen LogP contribution < -0.4 is 10.2 Å². The second-order valence-corrected chi connectivity index (χ2v) is 6.58. The van der Waals surface area contributed by atoms with Gasteiger partial charge in [-0.2, -0.15) is 0 Å². The van der Waals surface area contributed by atoms with Crippen molar-refractivity contribution in [3.05, 3.63) is 59.7 Å². The van der Waals surface area contributed by atoms with Crippen molar-refractivity contribution in [3.63, 3.8) is 0 Å². The largest absolute Gasteiger partial charge is 0.372 e. The zero-order valence-electron chi connectivity index (χ0n) is 16.7. The highest BCUT2D eigenvalue weighted by molar-refractivity contribution is 5.95. The van der Waals surface area contributed by atoms with Gasteiger partial charge in [0.15, 0.2) is 0 Å². The summed E-state index contributed by atoms with van der Waals surface area (Å²) in [6.45, 7) is 10.0. The van der Waals surface area contributed by atoms with Gasteiger partial charge in [0, 0.05) is 37.9 Å². The molecule has 0 atom stereocenters. The molecule has 27 heavy (non-hydrogen) atoms. The summed E-state index contributed by atoms with van der Waals surface area (Å²) < 4.78 is 0. The van der Waals surface area contributed by atoms with E-state index >= 15 is 0 Å². The number of anilines is 2. The van der Waals surface area contributed by atoms with E-state index in [1.165, 1.54) is 6.92 Å². The first-order valence-corrected chi connectivity index (χ1v) is 9.39. The van der Waals surface area contributed by atoms with Gasteiger partial charge in [-0.05, 0) is 50.1 Å². The Balaban J connectivity index is 2.04. The number of carbonyl (C=O) groups is 2. The molecule has 0 heterocycles. The topological polar surface area (TPSA) is 52.7 Å². The van der Waals surface area contributed by atoms with Gasteiger partial charge in [-0.15, -0.1) is 0 Å². The molecule has 2 aromatic rings. The predicted molar refractivity (Wildman–Crippen MR) is 111 cm³/mol. The van der Waals surface area contributed by atoms with Crippen LogP contribution >= 0.6 is 0 Å². The second-order valence-electron chi connectivity index (χ2n) is 6.58. The molecule has 1 N–H and O–H groups in total. The normalized spacial score (nSPS) is 10.4. The zero-order chi connectivity index (χ0) is 19.8. The SMILES string of the molecule is CCN(CC)c1ccc(NC(=O)CN(Cc2ccccc2)C(C)=O)c(C)c1. The Hall–Kier alpha value is -2.82. The van der Waals surface area contributed by atoms with E-state index in [2.05, 4.69) is 30.1 Å². The molecule has 5 nitrogen and oxygen atoms in total. The molecule has 5 heteroatoms. The minimum atomic E-state index is -0.195. The van der Waals surface area contributed by atoms with Crippen LogP contribution in [0.15, 0.2) is 48.5 Å². The van der Waals surface area contributed by atoms with Crippen molar-refractivity contribution in [3.8, 4) is 0 Å². The lowest BCUT2D eigenvalue weighted by molar-refractivity contribution is -0.133. The third kappa shape index (κ3) is 5.84. The van der Waals surface area contributed by atoms with Crippen molar-refractivity contribution in [1.29, 1.82) is 0 Å². The Morgan fingerprint density at radius 2 is 1.67 bits per heavy atom. The summed E-state index contributed by atoms with van der Waals surface area (Å²) in [7, 11) is 0. The fourth-order valence-corrected chi connectivity index (χ4v) is 3.02. The number of hydrogen-bond acceptors (Lipinski definition) is 3. The molecule has 0 radical (unpaired) electrons. The summed E-state index contributed by atoms with van der Waals surface area (Å²) in [5, 5.41) is 2.93. The summed E-state index contributed by atoms with van der Waals surface area (Å²) in [5.41, 5.74) is 3.93. The van der Waals surface area contributed by atoms with Crippen LogP contribution in [-0.4, -0.2) is 36.3 Å². The molecule has 2 rings (SSSR count). The standard InChI is InChI=1S/C22H29N3O2/c1-5-24(6-2)20-12-13-21(17(3)14-20)23-22(27)16-25(18(4)26)15-19-10-8-7-9-11-19/h7-14H,5-6,15-16H2,1-4H3,(H,23,27). The lowest BCUT2D eigenvalue weighted by Gasteiger charge is -2.23. The van der Waals surface area contributed by atoms with Crippen LogP contribution in [0.4, 0.5) is 11.4 Å². The van der Waals surface area contributed by atoms with Gasteiger partial charge >= 0.3 is 0 Å². The first kappa shape index (κ1) is 20.5. The first-order chi connectivity index (χ1) is 12.9. The Labute approximate surface area is 162 Å². The molecule has 144 valence electrons. The van der Waals surface area contributed by atoms with Gasteiger partial charge in [0.1, 0.15) is 6.54 Å². The minimum absolute atomic E-state index is 0.0292. The van der Waals surface area contributed by atoms with Crippen LogP contribution in [0.2, 0.25) is 0 Å². The zero-order valence-corrected chi connectivity index (χ0v) is 16.7. The molecule has 0 saturated heterocycles. The minimum Gasteiger partial charge on any atom is -0.372 e. The fourth-order valence-electron chi connectivity index (χ4n) is 3.02. The first-order valence-electron chi connectivity index (χ1n) is 9.39. The monoisotopic (exact) mass is 367 g/mol. The van der Waals surface area contributed by atoms with E-state index in [1.54, 1.807) is 4.90 Å². The van der Waals surface area contributed by atoms with E-state index in [9.17, 15) is 9.59 Å². The van der Waals surface area contributed by atoms with E-state index in [0.29, 0.717) is 6.54 Å². The van der Waals surface area contributed by atoms with Gasteiger partial charge in [-0.25, -0.2) is 0 Å². The van der Waals surface area contributed by atoms with Gasteiger partial charge in [-0.1, -0.05) is 30.3 Å². The Morgan fingerprint density at radius 3 is 2.22 bits per heavy atom. The van der Waals surface area contributed by atoms with Crippen LogP contribution in [-0.2, 0) is 16.1 Å². The second kappa shape index (κ2) is 9.76. The third-order valence-electron chi connectivity index (χ3n) is 4.61. The average Bonchev–Trinajstić information content (AvgIpc) is 2.65. The molecular weight excluding hydrogens is 338 g/mol. The molecule has 0 fully saturated rings. The quantitative estimate of drug-likeness (QED) is 0.771. The maximum atomic E-state index is 12.5. The average molecular weight is 367 g/mol. The van der Waals surface area contributed by atoms with E-state index in [4.69, 9.17) is 0 Å². The Bertz CT molecular complexity index is 770. The van der Waals surface area contributed by atoms with Crippen LogP contribution in [0.5, 0.6) is 0 Å². The summed E-state index contributed by atoms with van der Waals surface area (Å²) in [5.74, 6) is -0.317. The number of carbonyl (C=O) groups excluding carboxylic acids is 2. The molecule has 0 spiro atoms. The highest BCUT2D eigenvalue weighted by atomic mass is 16.2. The molecular formula is C22H29N3O2. The Kier molecular flexibility index (Phi) is 7.41. The smallest absolute Gasteiger partial charge is 0.244 e. The summed E-state index contributed by atoms with van der Waals surface area (Å²) >= 11 is 0. The van der Waals surface area contributed by atoms with Crippen LogP contribution in [0.1, 0.15) is 31.9 Å². The number of amides is 2. The summed E-state index contributed by atoms with van der Waals surface area (Å²) in [6.07, 6.45) is 0. The lowest BCUT2D eigenvalue weighted by atomic mass is 10.1. The van der Waals surface area contributed by atoms with Gasteiger partial charge in [0.2, 0.25) is 11.8 Å². The molecule has 0 saturated carbocycles. The molecule has 2 aromatic carbocycles. The van der Waals surface area contributed by atoms with Gasteiger partial charge in [0.05, 0.1) is 0 Å². The number of aryl methyl sites for hydroxylation is 1.